The van der Waals surface area contributed by atoms with Gasteiger partial charge in [-0.25, -0.2) is 0 Å². The molecule has 0 radical (unpaired) electrons. The third-order valence-electron chi connectivity index (χ3n) is 2.72. The minimum Gasteiger partial charge on any atom is -0.327 e. The lowest BCUT2D eigenvalue weighted by Gasteiger charge is -2.11. The van der Waals surface area contributed by atoms with E-state index in [2.05, 4.69) is 41.1 Å². The maximum absolute atomic E-state index is 6.12. The van der Waals surface area contributed by atoms with E-state index in [1.165, 1.54) is 35.1 Å². The molecule has 96 valence electrons. The Balaban J connectivity index is 2.19. The molecule has 3 heteroatoms. The molecule has 0 aromatic heterocycles. The van der Waals surface area contributed by atoms with Crippen LogP contribution in [0.1, 0.15) is 39.0 Å². The first-order chi connectivity index (χ1) is 8.24. The molecule has 0 saturated carbocycles. The smallest absolute Gasteiger partial charge is 0.0311 e. The van der Waals surface area contributed by atoms with Gasteiger partial charge in [-0.15, -0.1) is 11.8 Å². The Bertz CT molecular complexity index is 317. The predicted octanol–water partition coefficient (Wildman–Crippen LogP) is 4.84. The fourth-order valence-electron chi connectivity index (χ4n) is 1.68. The van der Waals surface area contributed by atoms with Crippen LogP contribution in [-0.2, 0) is 0 Å². The third kappa shape index (κ3) is 6.49. The number of thioether (sulfide) groups is 1. The highest BCUT2D eigenvalue weighted by molar-refractivity contribution is 9.10. The zero-order valence-electron chi connectivity index (χ0n) is 10.5. The molecular weight excluding hydrogens is 294 g/mol. The number of hydrogen-bond donors (Lipinski definition) is 1. The van der Waals surface area contributed by atoms with E-state index in [1.807, 2.05) is 17.8 Å². The molecule has 1 nitrogen and oxygen atoms in total. The fourth-order valence-corrected chi connectivity index (χ4v) is 3.24. The number of nitrogens with two attached hydrogens (primary N) is 1. The summed E-state index contributed by atoms with van der Waals surface area (Å²) in [4.78, 5) is 1.29. The Labute approximate surface area is 118 Å². The summed E-state index contributed by atoms with van der Waals surface area (Å²) in [5.41, 5.74) is 6.12. The second kappa shape index (κ2) is 9.01. The molecule has 0 aliphatic carbocycles. The van der Waals surface area contributed by atoms with Crippen LogP contribution in [0.15, 0.2) is 33.6 Å². The number of halogens is 1. The molecule has 0 saturated heterocycles. The molecule has 0 fully saturated rings. The summed E-state index contributed by atoms with van der Waals surface area (Å²) in [5, 5.41) is 0. The summed E-state index contributed by atoms with van der Waals surface area (Å²) in [6, 6.07) is 8.65. The van der Waals surface area contributed by atoms with Crippen molar-refractivity contribution in [3.63, 3.8) is 0 Å². The van der Waals surface area contributed by atoms with E-state index in [0.717, 1.165) is 12.2 Å². The molecule has 17 heavy (non-hydrogen) atoms. The molecule has 0 amide bonds. The maximum atomic E-state index is 6.12. The fraction of sp³-hybridized carbons (Fsp3) is 0.571. The van der Waals surface area contributed by atoms with Gasteiger partial charge in [-0.05, 0) is 34.5 Å². The van der Waals surface area contributed by atoms with E-state index in [9.17, 15) is 0 Å². The average molecular weight is 316 g/mol. The Morgan fingerprint density at radius 2 is 2.00 bits per heavy atom. The Morgan fingerprint density at radius 3 is 2.71 bits per heavy atom. The lowest BCUT2D eigenvalue weighted by molar-refractivity contribution is 0.579. The normalized spacial score (nSPS) is 12.6. The van der Waals surface area contributed by atoms with Crippen LogP contribution in [0.3, 0.4) is 0 Å². The Hall–Kier alpha value is 0.01000. The van der Waals surface area contributed by atoms with E-state index in [0.29, 0.717) is 6.04 Å². The van der Waals surface area contributed by atoms with E-state index >= 15 is 0 Å². The molecule has 1 unspecified atom stereocenters. The van der Waals surface area contributed by atoms with Gasteiger partial charge in [0.05, 0.1) is 0 Å². The van der Waals surface area contributed by atoms with E-state index < -0.39 is 0 Å². The van der Waals surface area contributed by atoms with Crippen molar-refractivity contribution in [1.29, 1.82) is 0 Å². The second-order valence-electron chi connectivity index (χ2n) is 4.35. The summed E-state index contributed by atoms with van der Waals surface area (Å²) in [6.45, 7) is 2.24. The van der Waals surface area contributed by atoms with Crippen molar-refractivity contribution in [2.45, 2.75) is 50.0 Å². The van der Waals surface area contributed by atoms with Gasteiger partial charge in [0.25, 0.3) is 0 Å². The minimum absolute atomic E-state index is 0.323. The highest BCUT2D eigenvalue weighted by Crippen LogP contribution is 2.27. The van der Waals surface area contributed by atoms with Crippen molar-refractivity contribution in [3.8, 4) is 0 Å². The van der Waals surface area contributed by atoms with Gasteiger partial charge in [0.2, 0.25) is 0 Å². The van der Waals surface area contributed by atoms with Crippen molar-refractivity contribution >= 4 is 27.7 Å². The largest absolute Gasteiger partial charge is 0.327 e. The molecular formula is C14H22BrNS. The van der Waals surface area contributed by atoms with Crippen molar-refractivity contribution in [3.05, 3.63) is 28.7 Å². The predicted molar refractivity (Wildman–Crippen MR) is 81.6 cm³/mol. The van der Waals surface area contributed by atoms with Crippen LogP contribution in [0.2, 0.25) is 0 Å². The highest BCUT2D eigenvalue weighted by atomic mass is 79.9. The average Bonchev–Trinajstić information content (AvgIpc) is 2.34. The summed E-state index contributed by atoms with van der Waals surface area (Å²) in [5.74, 6) is 1.01. The van der Waals surface area contributed by atoms with Gasteiger partial charge in [0, 0.05) is 21.2 Å². The zero-order chi connectivity index (χ0) is 12.5. The quantitative estimate of drug-likeness (QED) is 0.548. The molecule has 1 rings (SSSR count). The van der Waals surface area contributed by atoms with Crippen LogP contribution in [0.4, 0.5) is 0 Å². The van der Waals surface area contributed by atoms with Crippen molar-refractivity contribution in [2.75, 3.05) is 5.75 Å². The molecule has 2 N–H and O–H groups in total. The van der Waals surface area contributed by atoms with Crippen LogP contribution in [0.25, 0.3) is 0 Å². The van der Waals surface area contributed by atoms with E-state index in [4.69, 9.17) is 5.73 Å². The van der Waals surface area contributed by atoms with Crippen LogP contribution < -0.4 is 5.73 Å². The molecule has 1 aromatic carbocycles. The summed E-state index contributed by atoms with van der Waals surface area (Å²) in [6.07, 6.45) is 6.37. The molecule has 1 aromatic rings. The first-order valence-corrected chi connectivity index (χ1v) is 8.14. The Morgan fingerprint density at radius 1 is 1.24 bits per heavy atom. The molecule has 1 atom stereocenters. The van der Waals surface area contributed by atoms with Crippen LogP contribution >= 0.6 is 27.7 Å². The Kier molecular flexibility index (Phi) is 7.99. The van der Waals surface area contributed by atoms with Crippen LogP contribution in [0, 0.1) is 0 Å². The minimum atomic E-state index is 0.323. The lowest BCUT2D eigenvalue weighted by Crippen LogP contribution is -2.22. The topological polar surface area (TPSA) is 26.0 Å². The summed E-state index contributed by atoms with van der Waals surface area (Å²) < 4.78 is 1.17. The molecule has 0 heterocycles. The number of hydrogen-bond acceptors (Lipinski definition) is 2. The number of rotatable bonds is 8. The van der Waals surface area contributed by atoms with Gasteiger partial charge < -0.3 is 5.73 Å². The van der Waals surface area contributed by atoms with Crippen molar-refractivity contribution in [2.24, 2.45) is 5.73 Å². The number of unbranched alkanes of at least 4 members (excludes halogenated alkanes) is 3. The SMILES string of the molecule is CCCCCCC(N)CSc1ccccc1Br. The van der Waals surface area contributed by atoms with Gasteiger partial charge in [-0.3, -0.25) is 0 Å². The molecule has 0 bridgehead atoms. The van der Waals surface area contributed by atoms with Gasteiger partial charge >= 0.3 is 0 Å². The first-order valence-electron chi connectivity index (χ1n) is 6.37. The van der Waals surface area contributed by atoms with Gasteiger partial charge in [0.1, 0.15) is 0 Å². The molecule has 0 spiro atoms. The lowest BCUT2D eigenvalue weighted by atomic mass is 10.1. The standard InChI is InChI=1S/C14H22BrNS/c1-2-3-4-5-8-12(16)11-17-14-10-7-6-9-13(14)15/h6-7,9-10,12H,2-5,8,11,16H2,1H3. The summed E-state index contributed by atoms with van der Waals surface area (Å²) >= 11 is 5.40. The molecule has 0 aliphatic heterocycles. The van der Waals surface area contributed by atoms with E-state index in [-0.39, 0.29) is 0 Å². The van der Waals surface area contributed by atoms with Crippen LogP contribution in [-0.4, -0.2) is 11.8 Å². The van der Waals surface area contributed by atoms with Gasteiger partial charge in [-0.1, -0.05) is 44.7 Å². The zero-order valence-corrected chi connectivity index (χ0v) is 12.9. The summed E-state index contributed by atoms with van der Waals surface area (Å²) in [7, 11) is 0. The van der Waals surface area contributed by atoms with Gasteiger partial charge in [0.15, 0.2) is 0 Å². The first kappa shape index (κ1) is 15.1. The van der Waals surface area contributed by atoms with Crippen molar-refractivity contribution in [1.82, 2.24) is 0 Å². The second-order valence-corrected chi connectivity index (χ2v) is 6.27. The van der Waals surface area contributed by atoms with Gasteiger partial charge in [-0.2, -0.15) is 0 Å². The van der Waals surface area contributed by atoms with E-state index in [1.54, 1.807) is 0 Å². The van der Waals surface area contributed by atoms with Crippen LogP contribution in [0.5, 0.6) is 0 Å². The third-order valence-corrected chi connectivity index (χ3v) is 4.93. The number of benzene rings is 1. The van der Waals surface area contributed by atoms with Crippen molar-refractivity contribution < 1.29 is 0 Å². The molecule has 0 aliphatic rings. The monoisotopic (exact) mass is 315 g/mol. The highest BCUT2D eigenvalue weighted by Gasteiger charge is 2.05. The maximum Gasteiger partial charge on any atom is 0.0311 e.